The molecule has 17 heavy (non-hydrogen) atoms. The van der Waals surface area contributed by atoms with Gasteiger partial charge in [0.25, 0.3) is 0 Å². The van der Waals surface area contributed by atoms with E-state index in [1.165, 1.54) is 0 Å². The quantitative estimate of drug-likeness (QED) is 0.846. The van der Waals surface area contributed by atoms with E-state index < -0.39 is 5.97 Å². The molecule has 4 nitrogen and oxygen atoms in total. The van der Waals surface area contributed by atoms with Crippen molar-refractivity contribution in [2.75, 3.05) is 5.32 Å². The van der Waals surface area contributed by atoms with Gasteiger partial charge in [0.1, 0.15) is 0 Å². The first kappa shape index (κ1) is 15.2. The van der Waals surface area contributed by atoms with Gasteiger partial charge in [-0.25, -0.2) is 0 Å². The van der Waals surface area contributed by atoms with Crippen molar-refractivity contribution in [3.63, 3.8) is 0 Å². The summed E-state index contributed by atoms with van der Waals surface area (Å²) in [5.41, 5.74) is 1.80. The molecule has 94 valence electrons. The number of amides is 1. The molecule has 0 heterocycles. The van der Waals surface area contributed by atoms with Gasteiger partial charge in [0.15, 0.2) is 0 Å². The van der Waals surface area contributed by atoms with E-state index in [1.54, 1.807) is 12.1 Å². The average molecular weight is 237 g/mol. The molecule has 0 saturated heterocycles. The lowest BCUT2D eigenvalue weighted by Crippen LogP contribution is -2.12. The molecule has 4 heteroatoms. The molecule has 0 unspecified atom stereocenters. The highest BCUT2D eigenvalue weighted by Gasteiger charge is 2.05. The highest BCUT2D eigenvalue weighted by molar-refractivity contribution is 5.92. The van der Waals surface area contributed by atoms with Crippen molar-refractivity contribution in [1.82, 2.24) is 0 Å². The monoisotopic (exact) mass is 237 g/mol. The molecule has 1 amide bonds. The van der Waals surface area contributed by atoms with Crippen molar-refractivity contribution >= 4 is 17.6 Å². The summed E-state index contributed by atoms with van der Waals surface area (Å²) in [6, 6.07) is 7.33. The molecule has 2 N–H and O–H groups in total. The minimum absolute atomic E-state index is 0.00318. The maximum Gasteiger partial charge on any atom is 0.303 e. The van der Waals surface area contributed by atoms with Crippen molar-refractivity contribution in [3.8, 4) is 0 Å². The van der Waals surface area contributed by atoms with Gasteiger partial charge in [-0.1, -0.05) is 31.5 Å². The number of hydrogen-bond acceptors (Lipinski definition) is 2. The van der Waals surface area contributed by atoms with Crippen LogP contribution in [0.5, 0.6) is 0 Å². The summed E-state index contributed by atoms with van der Waals surface area (Å²) >= 11 is 0. The van der Waals surface area contributed by atoms with Gasteiger partial charge in [-0.2, -0.15) is 0 Å². The fraction of sp³-hybridized carbons (Fsp3) is 0.385. The molecule has 0 atom stereocenters. The zero-order valence-corrected chi connectivity index (χ0v) is 10.5. The van der Waals surface area contributed by atoms with Crippen molar-refractivity contribution in [3.05, 3.63) is 29.8 Å². The summed E-state index contributed by atoms with van der Waals surface area (Å²) in [6.45, 7) is 5.95. The van der Waals surface area contributed by atoms with E-state index in [0.717, 1.165) is 5.56 Å². The number of hydrogen-bond donors (Lipinski definition) is 2. The Morgan fingerprint density at radius 2 is 1.65 bits per heavy atom. The standard InChI is InChI=1S/C11H13NO3.C2H6/c1-8-2-4-9(5-3-8)12-10(13)6-7-11(14)15;1-2/h2-5H,6-7H2,1H3,(H,12,13)(H,14,15);1-2H3. The van der Waals surface area contributed by atoms with E-state index in [4.69, 9.17) is 5.11 Å². The van der Waals surface area contributed by atoms with Gasteiger partial charge in [0.2, 0.25) is 5.91 Å². The maximum atomic E-state index is 11.2. The molecular formula is C13H19NO3. The Kier molecular flexibility index (Phi) is 7.43. The summed E-state index contributed by atoms with van der Waals surface area (Å²) < 4.78 is 0. The van der Waals surface area contributed by atoms with Crippen LogP contribution in [0.4, 0.5) is 5.69 Å². The minimum atomic E-state index is -0.964. The number of benzene rings is 1. The number of carbonyl (C=O) groups is 2. The fourth-order valence-electron chi connectivity index (χ4n) is 1.08. The highest BCUT2D eigenvalue weighted by Crippen LogP contribution is 2.09. The number of carboxylic acid groups (broad SMARTS) is 1. The van der Waals surface area contributed by atoms with Gasteiger partial charge < -0.3 is 10.4 Å². The minimum Gasteiger partial charge on any atom is -0.481 e. The number of anilines is 1. The van der Waals surface area contributed by atoms with Crippen LogP contribution < -0.4 is 5.32 Å². The van der Waals surface area contributed by atoms with Crippen molar-refractivity contribution in [2.24, 2.45) is 0 Å². The number of rotatable bonds is 4. The second-order valence-corrected chi connectivity index (χ2v) is 3.31. The summed E-state index contributed by atoms with van der Waals surface area (Å²) in [4.78, 5) is 21.4. The molecule has 0 bridgehead atoms. The number of aryl methyl sites for hydroxylation is 1. The molecule has 0 aromatic heterocycles. The molecule has 0 fully saturated rings. The van der Waals surface area contributed by atoms with E-state index in [9.17, 15) is 9.59 Å². The van der Waals surface area contributed by atoms with E-state index in [-0.39, 0.29) is 18.7 Å². The van der Waals surface area contributed by atoms with E-state index in [1.807, 2.05) is 32.9 Å². The Hall–Kier alpha value is -1.84. The van der Waals surface area contributed by atoms with Crippen LogP contribution in [-0.2, 0) is 9.59 Å². The lowest BCUT2D eigenvalue weighted by atomic mass is 10.2. The third-order valence-electron chi connectivity index (χ3n) is 1.90. The smallest absolute Gasteiger partial charge is 0.303 e. The van der Waals surface area contributed by atoms with Gasteiger partial charge in [-0.3, -0.25) is 9.59 Å². The molecule has 1 aromatic carbocycles. The summed E-state index contributed by atoms with van der Waals surface area (Å²) in [7, 11) is 0. The number of carboxylic acids is 1. The lowest BCUT2D eigenvalue weighted by Gasteiger charge is -2.03. The predicted molar refractivity (Wildman–Crippen MR) is 68.0 cm³/mol. The normalized spacial score (nSPS) is 8.88. The van der Waals surface area contributed by atoms with Crippen LogP contribution in [0.3, 0.4) is 0 Å². The van der Waals surface area contributed by atoms with Crippen LogP contribution >= 0.6 is 0 Å². The highest BCUT2D eigenvalue weighted by atomic mass is 16.4. The molecule has 0 radical (unpaired) electrons. The Morgan fingerprint density at radius 1 is 1.12 bits per heavy atom. The van der Waals surface area contributed by atoms with Crippen LogP contribution in [-0.4, -0.2) is 17.0 Å². The Labute approximate surface area is 102 Å². The third kappa shape index (κ3) is 7.11. The molecule has 0 saturated carbocycles. The van der Waals surface area contributed by atoms with Gasteiger partial charge in [-0.05, 0) is 19.1 Å². The first-order valence-corrected chi connectivity index (χ1v) is 5.66. The molecule has 0 aliphatic rings. The molecular weight excluding hydrogens is 218 g/mol. The summed E-state index contributed by atoms with van der Waals surface area (Å²) in [6.07, 6.45) is -0.138. The predicted octanol–water partition coefficient (Wildman–Crippen LogP) is 2.82. The first-order valence-electron chi connectivity index (χ1n) is 5.66. The van der Waals surface area contributed by atoms with Gasteiger partial charge in [0, 0.05) is 12.1 Å². The first-order chi connectivity index (χ1) is 8.08. The SMILES string of the molecule is CC.Cc1ccc(NC(=O)CCC(=O)O)cc1. The number of carbonyl (C=O) groups excluding carboxylic acids is 1. The van der Waals surface area contributed by atoms with E-state index in [0.29, 0.717) is 5.69 Å². The summed E-state index contributed by atoms with van der Waals surface area (Å²) in [5.74, 6) is -1.24. The largest absolute Gasteiger partial charge is 0.481 e. The van der Waals surface area contributed by atoms with Crippen molar-refractivity contribution < 1.29 is 14.7 Å². The second-order valence-electron chi connectivity index (χ2n) is 3.31. The number of nitrogens with one attached hydrogen (secondary N) is 1. The molecule has 1 aromatic rings. The van der Waals surface area contributed by atoms with Gasteiger partial charge in [-0.15, -0.1) is 0 Å². The molecule has 1 rings (SSSR count). The second kappa shape index (κ2) is 8.33. The van der Waals surface area contributed by atoms with Crippen LogP contribution in [0.25, 0.3) is 0 Å². The van der Waals surface area contributed by atoms with E-state index >= 15 is 0 Å². The fourth-order valence-corrected chi connectivity index (χ4v) is 1.08. The van der Waals surface area contributed by atoms with Crippen molar-refractivity contribution in [2.45, 2.75) is 33.6 Å². The molecule has 0 aliphatic carbocycles. The topological polar surface area (TPSA) is 66.4 Å². The number of aliphatic carboxylic acids is 1. The molecule has 0 spiro atoms. The van der Waals surface area contributed by atoms with E-state index in [2.05, 4.69) is 5.32 Å². The van der Waals surface area contributed by atoms with Crippen LogP contribution in [0.2, 0.25) is 0 Å². The van der Waals surface area contributed by atoms with Crippen molar-refractivity contribution in [1.29, 1.82) is 0 Å². The Morgan fingerprint density at radius 3 is 2.12 bits per heavy atom. The Bertz CT molecular complexity index is 357. The maximum absolute atomic E-state index is 11.2. The van der Waals surface area contributed by atoms with Gasteiger partial charge in [0.05, 0.1) is 6.42 Å². The third-order valence-corrected chi connectivity index (χ3v) is 1.90. The summed E-state index contributed by atoms with van der Waals surface area (Å²) in [5, 5.41) is 11.0. The zero-order chi connectivity index (χ0) is 13.3. The lowest BCUT2D eigenvalue weighted by molar-refractivity contribution is -0.138. The van der Waals surface area contributed by atoms with Crippen LogP contribution in [0.1, 0.15) is 32.3 Å². The Balaban J connectivity index is 0.00000121. The van der Waals surface area contributed by atoms with Gasteiger partial charge >= 0.3 is 5.97 Å². The van der Waals surface area contributed by atoms with Crippen LogP contribution in [0, 0.1) is 6.92 Å². The average Bonchev–Trinajstić information content (AvgIpc) is 2.32. The molecule has 0 aliphatic heterocycles. The van der Waals surface area contributed by atoms with Crippen LogP contribution in [0.15, 0.2) is 24.3 Å². The zero-order valence-electron chi connectivity index (χ0n) is 10.5.